The molecule has 0 aliphatic heterocycles. The van der Waals surface area contributed by atoms with E-state index in [4.69, 9.17) is 0 Å². The maximum atomic E-state index is 4.33. The van der Waals surface area contributed by atoms with Gasteiger partial charge in [0.2, 0.25) is 0 Å². The van der Waals surface area contributed by atoms with Crippen LogP contribution >= 0.6 is 0 Å². The molecule has 3 atom stereocenters. The monoisotopic (exact) mass is 340 g/mol. The number of hydrogen-bond donors (Lipinski definition) is 0. The molecule has 2 aliphatic rings. The lowest BCUT2D eigenvalue weighted by atomic mass is 9.70. The summed E-state index contributed by atoms with van der Waals surface area (Å²) in [5.41, 5.74) is 6.58. The molecule has 0 nitrogen and oxygen atoms in total. The topological polar surface area (TPSA) is 0 Å². The average Bonchev–Trinajstić information content (AvgIpc) is 2.87. The second-order valence-electron chi connectivity index (χ2n) is 9.22. The van der Waals surface area contributed by atoms with Gasteiger partial charge in [0.05, 0.1) is 0 Å². The molecule has 2 rings (SSSR count). The van der Waals surface area contributed by atoms with Crippen molar-refractivity contribution in [1.82, 2.24) is 0 Å². The van der Waals surface area contributed by atoms with E-state index in [0.717, 1.165) is 11.8 Å². The van der Waals surface area contributed by atoms with Crippen LogP contribution in [0.4, 0.5) is 0 Å². The maximum absolute atomic E-state index is 4.33. The molecule has 0 aromatic heterocycles. The summed E-state index contributed by atoms with van der Waals surface area (Å²) in [4.78, 5) is 0. The third-order valence-electron chi connectivity index (χ3n) is 6.87. The highest BCUT2D eigenvalue weighted by Gasteiger charge is 2.43. The minimum absolute atomic E-state index is 0.455. The number of rotatable bonds is 1. The van der Waals surface area contributed by atoms with Gasteiger partial charge in [0.25, 0.3) is 0 Å². The molecule has 1 saturated carbocycles. The van der Waals surface area contributed by atoms with Gasteiger partial charge in [0.15, 0.2) is 0 Å². The Morgan fingerprint density at radius 2 is 1.48 bits per heavy atom. The van der Waals surface area contributed by atoms with E-state index in [1.165, 1.54) is 63.4 Å². The molecule has 2 aliphatic carbocycles. The molecule has 0 saturated heterocycles. The van der Waals surface area contributed by atoms with Crippen LogP contribution in [0.3, 0.4) is 0 Å². The Bertz CT molecular complexity index is 557. The predicted octanol–water partition coefficient (Wildman–Crippen LogP) is 8.18. The fourth-order valence-electron chi connectivity index (χ4n) is 4.94. The van der Waals surface area contributed by atoms with E-state index in [2.05, 4.69) is 59.4 Å². The van der Waals surface area contributed by atoms with E-state index in [0.29, 0.717) is 5.41 Å². The Morgan fingerprint density at radius 3 is 2.08 bits per heavy atom. The molecule has 140 valence electrons. The van der Waals surface area contributed by atoms with E-state index in [-0.39, 0.29) is 0 Å². The van der Waals surface area contributed by atoms with Crippen LogP contribution in [-0.2, 0) is 0 Å². The summed E-state index contributed by atoms with van der Waals surface area (Å²) >= 11 is 0. The molecule has 0 heterocycles. The number of hydrogen-bond acceptors (Lipinski definition) is 0. The van der Waals surface area contributed by atoms with E-state index < -0.39 is 0 Å². The second-order valence-corrected chi connectivity index (χ2v) is 9.22. The molecule has 0 amide bonds. The predicted molar refractivity (Wildman–Crippen MR) is 113 cm³/mol. The number of fused-ring (bicyclic) bond motifs is 1. The van der Waals surface area contributed by atoms with E-state index in [1.807, 2.05) is 0 Å². The SMILES string of the molecule is C=C(C)[C@@H]1CC[C@]2(C)C/C=C(/C)CC/C=C(/C)CC/C=C(/C)CC[C@@H]12. The molecular weight excluding hydrogens is 300 g/mol. The fourth-order valence-corrected chi connectivity index (χ4v) is 4.94. The molecule has 0 heteroatoms. The quantitative estimate of drug-likeness (QED) is 0.422. The van der Waals surface area contributed by atoms with Crippen molar-refractivity contribution >= 4 is 0 Å². The minimum atomic E-state index is 0.455. The zero-order valence-electron chi connectivity index (χ0n) is 17.5. The summed E-state index contributed by atoms with van der Waals surface area (Å²) in [6, 6.07) is 0. The minimum Gasteiger partial charge on any atom is -0.0999 e. The molecule has 0 N–H and O–H groups in total. The normalized spacial score (nSPS) is 38.8. The molecule has 0 bridgehead atoms. The largest absolute Gasteiger partial charge is 0.0999 e. The first kappa shape index (κ1) is 20.3. The maximum Gasteiger partial charge on any atom is -0.0175 e. The molecule has 0 aromatic carbocycles. The lowest BCUT2D eigenvalue weighted by Gasteiger charge is -2.34. The fraction of sp³-hybridized carbons (Fsp3) is 0.680. The zero-order valence-corrected chi connectivity index (χ0v) is 17.5. The van der Waals surface area contributed by atoms with Crippen LogP contribution in [0.2, 0.25) is 0 Å². The molecule has 1 fully saturated rings. The second kappa shape index (κ2) is 9.06. The Balaban J connectivity index is 2.22. The van der Waals surface area contributed by atoms with E-state index in [1.54, 1.807) is 16.7 Å². The van der Waals surface area contributed by atoms with Crippen LogP contribution in [0.5, 0.6) is 0 Å². The summed E-state index contributed by atoms with van der Waals surface area (Å²) in [6.45, 7) is 16.1. The van der Waals surface area contributed by atoms with Gasteiger partial charge in [0.1, 0.15) is 0 Å². The van der Waals surface area contributed by atoms with Crippen molar-refractivity contribution in [2.45, 2.75) is 92.4 Å². The zero-order chi connectivity index (χ0) is 18.4. The summed E-state index contributed by atoms with van der Waals surface area (Å²) < 4.78 is 0. The van der Waals surface area contributed by atoms with Crippen LogP contribution in [0.25, 0.3) is 0 Å². The van der Waals surface area contributed by atoms with Crippen LogP contribution in [0.1, 0.15) is 92.4 Å². The van der Waals surface area contributed by atoms with Gasteiger partial charge >= 0.3 is 0 Å². The van der Waals surface area contributed by atoms with Crippen molar-refractivity contribution < 1.29 is 0 Å². The first-order valence-corrected chi connectivity index (χ1v) is 10.4. The summed E-state index contributed by atoms with van der Waals surface area (Å²) in [5, 5.41) is 0. The van der Waals surface area contributed by atoms with E-state index in [9.17, 15) is 0 Å². The van der Waals surface area contributed by atoms with Gasteiger partial charge in [0, 0.05) is 0 Å². The molecular formula is C25H40. The van der Waals surface area contributed by atoms with Gasteiger partial charge in [-0.1, -0.05) is 54.0 Å². The lowest BCUT2D eigenvalue weighted by Crippen LogP contribution is -2.25. The van der Waals surface area contributed by atoms with Crippen LogP contribution in [0, 0.1) is 17.3 Å². The lowest BCUT2D eigenvalue weighted by molar-refractivity contribution is 0.194. The van der Waals surface area contributed by atoms with Crippen molar-refractivity contribution in [2.75, 3.05) is 0 Å². The van der Waals surface area contributed by atoms with Crippen LogP contribution in [0.15, 0.2) is 47.1 Å². The average molecular weight is 341 g/mol. The summed E-state index contributed by atoms with van der Waals surface area (Å²) in [5.74, 6) is 1.52. The van der Waals surface area contributed by atoms with Crippen molar-refractivity contribution in [2.24, 2.45) is 17.3 Å². The summed E-state index contributed by atoms with van der Waals surface area (Å²) in [7, 11) is 0. The Morgan fingerprint density at radius 1 is 0.920 bits per heavy atom. The van der Waals surface area contributed by atoms with E-state index >= 15 is 0 Å². The Kier molecular flexibility index (Phi) is 7.35. The van der Waals surface area contributed by atoms with Gasteiger partial charge in [-0.3, -0.25) is 0 Å². The molecule has 0 spiro atoms. The first-order chi connectivity index (χ1) is 11.8. The van der Waals surface area contributed by atoms with Crippen molar-refractivity contribution in [3.63, 3.8) is 0 Å². The van der Waals surface area contributed by atoms with Gasteiger partial charge in [-0.25, -0.2) is 0 Å². The third kappa shape index (κ3) is 5.73. The van der Waals surface area contributed by atoms with Gasteiger partial charge in [-0.15, -0.1) is 0 Å². The van der Waals surface area contributed by atoms with Crippen LogP contribution in [-0.4, -0.2) is 0 Å². The summed E-state index contributed by atoms with van der Waals surface area (Å²) in [6.07, 6.45) is 18.9. The van der Waals surface area contributed by atoms with Crippen LogP contribution < -0.4 is 0 Å². The van der Waals surface area contributed by atoms with Crippen molar-refractivity contribution in [3.05, 3.63) is 47.1 Å². The smallest absolute Gasteiger partial charge is 0.0175 e. The molecule has 25 heavy (non-hydrogen) atoms. The van der Waals surface area contributed by atoms with Gasteiger partial charge < -0.3 is 0 Å². The molecule has 0 aromatic rings. The highest BCUT2D eigenvalue weighted by atomic mass is 14.5. The Labute approximate surface area is 157 Å². The highest BCUT2D eigenvalue weighted by molar-refractivity contribution is 5.13. The highest BCUT2D eigenvalue weighted by Crippen LogP contribution is 2.53. The molecule has 0 unspecified atom stereocenters. The third-order valence-corrected chi connectivity index (χ3v) is 6.87. The first-order valence-electron chi connectivity index (χ1n) is 10.4. The standard InChI is InChI=1S/C25H40/c1-19(2)23-16-18-25(6)17-15-22(5)12-8-10-20(3)9-7-11-21(4)13-14-24(23)25/h10-11,15,23-24H,1,7-9,12-14,16-18H2,2-6H3/b20-10-,21-11-,22-15-/t23-,24-,25-/m0/s1. The van der Waals surface area contributed by atoms with Gasteiger partial charge in [-0.05, 0) is 103 Å². The number of allylic oxidation sites excluding steroid dienone is 7. The van der Waals surface area contributed by atoms with Crippen molar-refractivity contribution in [3.8, 4) is 0 Å². The molecule has 0 radical (unpaired) electrons. The Hall–Kier alpha value is -1.04. The van der Waals surface area contributed by atoms with Gasteiger partial charge in [-0.2, -0.15) is 0 Å². The van der Waals surface area contributed by atoms with Crippen molar-refractivity contribution in [1.29, 1.82) is 0 Å².